The lowest BCUT2D eigenvalue weighted by atomic mass is 10.2. The Bertz CT molecular complexity index is 80.0. The summed E-state index contributed by atoms with van der Waals surface area (Å²) in [6.45, 7) is 2.11. The van der Waals surface area contributed by atoms with E-state index in [0.717, 1.165) is 0 Å². The molecule has 1 aliphatic carbocycles. The lowest BCUT2D eigenvalue weighted by Gasteiger charge is -1.88. The fraction of sp³-hybridized carbons (Fsp3) is 0.571. The quantitative estimate of drug-likeness (QED) is 0.469. The number of hydrogen-bond donors (Lipinski definition) is 0. The molecule has 0 aromatic carbocycles. The van der Waals surface area contributed by atoms with Crippen molar-refractivity contribution in [3.8, 4) is 0 Å². The van der Waals surface area contributed by atoms with Gasteiger partial charge in [0, 0.05) is 0 Å². The first kappa shape index (κ1) is 4.89. The van der Waals surface area contributed by atoms with Crippen LogP contribution in [0.25, 0.3) is 0 Å². The third-order valence-corrected chi connectivity index (χ3v) is 1.45. The van der Waals surface area contributed by atoms with E-state index < -0.39 is 0 Å². The number of rotatable bonds is 1. The summed E-state index contributed by atoms with van der Waals surface area (Å²) in [4.78, 5) is 0. The van der Waals surface area contributed by atoms with Crippen molar-refractivity contribution < 1.29 is 0 Å². The summed E-state index contributed by atoms with van der Waals surface area (Å²) < 4.78 is 0. The van der Waals surface area contributed by atoms with E-state index in [1.807, 2.05) is 0 Å². The van der Waals surface area contributed by atoms with E-state index in [1.165, 1.54) is 19.3 Å². The molecular weight excluding hydrogens is 84.1 g/mol. The Labute approximate surface area is 45.2 Å². The van der Waals surface area contributed by atoms with E-state index in [-0.39, 0.29) is 0 Å². The van der Waals surface area contributed by atoms with Crippen LogP contribution in [0.3, 0.4) is 0 Å². The first-order valence-corrected chi connectivity index (χ1v) is 2.92. The van der Waals surface area contributed by atoms with Gasteiger partial charge in [-0.3, -0.25) is 0 Å². The minimum absolute atomic E-state index is 1.31. The molecule has 7 heavy (non-hydrogen) atoms. The predicted molar refractivity (Wildman–Crippen MR) is 31.9 cm³/mol. The molecule has 0 saturated carbocycles. The minimum Gasteiger partial charge on any atom is -0.0850 e. The molecule has 39 valence electrons. The summed E-state index contributed by atoms with van der Waals surface area (Å²) in [5, 5.41) is 0. The van der Waals surface area contributed by atoms with Crippen LogP contribution in [-0.2, 0) is 0 Å². The number of hydrogen-bond acceptors (Lipinski definition) is 0. The Morgan fingerprint density at radius 2 is 2.57 bits per heavy atom. The van der Waals surface area contributed by atoms with Gasteiger partial charge in [-0.05, 0) is 25.7 Å². The van der Waals surface area contributed by atoms with Gasteiger partial charge >= 0.3 is 0 Å². The summed E-state index contributed by atoms with van der Waals surface area (Å²) in [6.07, 6.45) is 8.52. The smallest absolute Gasteiger partial charge is 0.0169 e. The predicted octanol–water partition coefficient (Wildman–Crippen LogP) is 2.32. The third kappa shape index (κ3) is 1.05. The largest absolute Gasteiger partial charge is 0.0850 e. The molecule has 0 spiro atoms. The van der Waals surface area contributed by atoms with E-state index in [4.69, 9.17) is 0 Å². The third-order valence-electron chi connectivity index (χ3n) is 1.45. The van der Waals surface area contributed by atoms with Crippen molar-refractivity contribution in [2.45, 2.75) is 26.2 Å². The maximum Gasteiger partial charge on any atom is -0.0169 e. The van der Waals surface area contributed by atoms with Gasteiger partial charge < -0.3 is 0 Å². The van der Waals surface area contributed by atoms with Gasteiger partial charge in [0.25, 0.3) is 0 Å². The first-order chi connectivity index (χ1) is 3.43. The van der Waals surface area contributed by atoms with E-state index in [9.17, 15) is 0 Å². The van der Waals surface area contributed by atoms with Crippen molar-refractivity contribution in [2.24, 2.45) is 0 Å². The maximum absolute atomic E-state index is 2.32. The van der Waals surface area contributed by atoms with Gasteiger partial charge in [-0.2, -0.15) is 0 Å². The average Bonchev–Trinajstić information content (AvgIpc) is 2.14. The van der Waals surface area contributed by atoms with Gasteiger partial charge in [0.15, 0.2) is 0 Å². The molecule has 0 N–H and O–H groups in total. The molecule has 0 fully saturated rings. The zero-order chi connectivity index (χ0) is 5.11. The van der Waals surface area contributed by atoms with E-state index in [2.05, 4.69) is 19.4 Å². The van der Waals surface area contributed by atoms with Gasteiger partial charge in [-0.25, -0.2) is 0 Å². The molecule has 0 saturated heterocycles. The van der Waals surface area contributed by atoms with Crippen LogP contribution in [0.2, 0.25) is 0 Å². The van der Waals surface area contributed by atoms with Gasteiger partial charge in [0.1, 0.15) is 0 Å². The molecule has 0 bridgehead atoms. The molecular formula is C7H11. The molecule has 1 aliphatic rings. The monoisotopic (exact) mass is 95.1 g/mol. The Balaban J connectivity index is 2.36. The highest BCUT2D eigenvalue weighted by molar-refractivity contribution is 5.15. The highest BCUT2D eigenvalue weighted by Gasteiger charge is 1.99. The van der Waals surface area contributed by atoms with Crippen LogP contribution in [0.1, 0.15) is 26.2 Å². The lowest BCUT2D eigenvalue weighted by Crippen LogP contribution is -1.70. The second-order valence-corrected chi connectivity index (χ2v) is 1.96. The topological polar surface area (TPSA) is 0 Å². The van der Waals surface area contributed by atoms with E-state index >= 15 is 0 Å². The molecule has 1 radical (unpaired) electrons. The Hall–Kier alpha value is -0.260. The maximum atomic E-state index is 2.32. The minimum atomic E-state index is 1.31. The molecule has 0 unspecified atom stereocenters. The average molecular weight is 95.2 g/mol. The zero-order valence-electron chi connectivity index (χ0n) is 4.78. The van der Waals surface area contributed by atoms with Crippen molar-refractivity contribution in [3.05, 3.63) is 18.1 Å². The normalized spacial score (nSPS) is 19.9. The van der Waals surface area contributed by atoms with Crippen LogP contribution in [0.5, 0.6) is 0 Å². The molecule has 0 aromatic rings. The summed E-state index contributed by atoms with van der Waals surface area (Å²) in [5.41, 5.74) is 1.54. The van der Waals surface area contributed by atoms with Crippen molar-refractivity contribution in [1.29, 1.82) is 0 Å². The van der Waals surface area contributed by atoms with Crippen molar-refractivity contribution in [2.75, 3.05) is 0 Å². The number of allylic oxidation sites excluding steroid dienone is 2. The van der Waals surface area contributed by atoms with Crippen LogP contribution in [0.15, 0.2) is 11.6 Å². The van der Waals surface area contributed by atoms with Gasteiger partial charge in [-0.15, -0.1) is 0 Å². The molecule has 1 rings (SSSR count). The zero-order valence-corrected chi connectivity index (χ0v) is 4.78. The molecule has 0 aromatic heterocycles. The highest BCUT2D eigenvalue weighted by atomic mass is 14.0. The summed E-state index contributed by atoms with van der Waals surface area (Å²) in [5.74, 6) is 0. The van der Waals surface area contributed by atoms with Crippen molar-refractivity contribution in [3.63, 3.8) is 0 Å². The second kappa shape index (κ2) is 2.15. The van der Waals surface area contributed by atoms with Crippen LogP contribution in [-0.4, -0.2) is 0 Å². The summed E-state index contributed by atoms with van der Waals surface area (Å²) in [7, 11) is 0. The Kier molecular flexibility index (Phi) is 1.50. The van der Waals surface area contributed by atoms with E-state index in [1.54, 1.807) is 5.57 Å². The fourth-order valence-electron chi connectivity index (χ4n) is 0.958. The van der Waals surface area contributed by atoms with Gasteiger partial charge in [0.05, 0.1) is 0 Å². The lowest BCUT2D eigenvalue weighted by molar-refractivity contribution is 0.909. The summed E-state index contributed by atoms with van der Waals surface area (Å²) >= 11 is 0. The van der Waals surface area contributed by atoms with Crippen LogP contribution in [0, 0.1) is 6.42 Å². The highest BCUT2D eigenvalue weighted by Crippen LogP contribution is 2.18. The standard InChI is InChI=1S/C7H11/c1-2-7-5-3-4-6-7/h2,5H,3-4,6H2,1H3. The van der Waals surface area contributed by atoms with Crippen molar-refractivity contribution >= 4 is 0 Å². The molecule has 0 heterocycles. The van der Waals surface area contributed by atoms with Crippen LogP contribution < -0.4 is 0 Å². The van der Waals surface area contributed by atoms with Gasteiger partial charge in [-0.1, -0.05) is 18.6 Å². The Morgan fingerprint density at radius 1 is 1.71 bits per heavy atom. The Morgan fingerprint density at radius 3 is 2.86 bits per heavy atom. The molecule has 0 atom stereocenters. The molecule has 0 heteroatoms. The molecule has 0 nitrogen and oxygen atoms in total. The fourth-order valence-corrected chi connectivity index (χ4v) is 0.958. The molecule has 0 amide bonds. The van der Waals surface area contributed by atoms with Crippen LogP contribution >= 0.6 is 0 Å². The van der Waals surface area contributed by atoms with Crippen molar-refractivity contribution in [1.82, 2.24) is 0 Å². The van der Waals surface area contributed by atoms with Gasteiger partial charge in [0.2, 0.25) is 0 Å². The van der Waals surface area contributed by atoms with Crippen LogP contribution in [0.4, 0.5) is 0 Å². The first-order valence-electron chi connectivity index (χ1n) is 2.92. The second-order valence-electron chi connectivity index (χ2n) is 1.96. The summed E-state index contributed by atoms with van der Waals surface area (Å²) in [6, 6.07) is 0. The SMILES string of the molecule is C[CH]C1=CCCC1. The molecule has 0 aliphatic heterocycles. The van der Waals surface area contributed by atoms with E-state index in [0.29, 0.717) is 0 Å².